The minimum absolute atomic E-state index is 0.765. The molecule has 2 rings (SSSR count). The third kappa shape index (κ3) is 4.78. The van der Waals surface area contributed by atoms with Crippen LogP contribution in [0.15, 0.2) is 60.7 Å². The average Bonchev–Trinajstić information content (AvgIpc) is 2.56. The quantitative estimate of drug-likeness (QED) is 0.599. The second kappa shape index (κ2) is 8.45. The Bertz CT molecular complexity index is 620. The lowest BCUT2D eigenvalue weighted by Gasteiger charge is -2.20. The van der Waals surface area contributed by atoms with Crippen molar-refractivity contribution in [1.29, 1.82) is 0 Å². The second-order valence-corrected chi connectivity index (χ2v) is 5.47. The minimum atomic E-state index is 0.765. The molecule has 22 heavy (non-hydrogen) atoms. The first-order valence-electron chi connectivity index (χ1n) is 7.68. The van der Waals surface area contributed by atoms with Gasteiger partial charge in [0.1, 0.15) is 0 Å². The maximum absolute atomic E-state index is 5.87. The number of rotatable bonds is 6. The van der Waals surface area contributed by atoms with Gasteiger partial charge in [-0.2, -0.15) is 0 Å². The molecule has 2 aromatic carbocycles. The zero-order valence-electron chi connectivity index (χ0n) is 13.2. The van der Waals surface area contributed by atoms with E-state index in [1.165, 1.54) is 11.3 Å². The molecule has 0 N–H and O–H groups in total. The summed E-state index contributed by atoms with van der Waals surface area (Å²) in [4.78, 5) is 2.34. The predicted octanol–water partition coefficient (Wildman–Crippen LogP) is 5.91. The van der Waals surface area contributed by atoms with E-state index in [9.17, 15) is 0 Å². The molecular weight excluding hydrogens is 290 g/mol. The Balaban J connectivity index is 1.97. The van der Waals surface area contributed by atoms with Gasteiger partial charge in [0.15, 0.2) is 0 Å². The molecule has 0 bridgehead atoms. The Labute approximate surface area is 138 Å². The minimum Gasteiger partial charge on any atom is -0.372 e. The lowest BCUT2D eigenvalue weighted by Crippen LogP contribution is -2.21. The van der Waals surface area contributed by atoms with Gasteiger partial charge in [0.2, 0.25) is 0 Å². The maximum atomic E-state index is 5.87. The van der Waals surface area contributed by atoms with Gasteiger partial charge in [0.25, 0.3) is 0 Å². The Kier molecular flexibility index (Phi) is 6.29. The summed E-state index contributed by atoms with van der Waals surface area (Å²) >= 11 is 5.87. The van der Waals surface area contributed by atoms with Crippen molar-refractivity contribution in [3.05, 3.63) is 76.8 Å². The zero-order valence-corrected chi connectivity index (χ0v) is 13.9. The molecule has 0 fully saturated rings. The fourth-order valence-electron chi connectivity index (χ4n) is 2.29. The normalized spacial score (nSPS) is 11.4. The molecule has 0 aliphatic carbocycles. The van der Waals surface area contributed by atoms with Crippen molar-refractivity contribution in [3.63, 3.8) is 0 Å². The number of nitrogens with zero attached hydrogens (tertiary/aromatic N) is 1. The van der Waals surface area contributed by atoms with Crippen LogP contribution in [-0.2, 0) is 0 Å². The van der Waals surface area contributed by atoms with Crippen LogP contribution in [0.2, 0.25) is 5.02 Å². The first-order chi connectivity index (χ1) is 10.7. The van der Waals surface area contributed by atoms with Gasteiger partial charge >= 0.3 is 0 Å². The third-order valence-corrected chi connectivity index (χ3v) is 3.83. The molecular formula is C20H22ClN. The van der Waals surface area contributed by atoms with Crippen molar-refractivity contribution >= 4 is 29.4 Å². The molecule has 0 aliphatic rings. The predicted molar refractivity (Wildman–Crippen MR) is 99.5 cm³/mol. The number of allylic oxidation sites excluding steroid dienone is 2. The molecule has 0 saturated heterocycles. The van der Waals surface area contributed by atoms with Gasteiger partial charge < -0.3 is 4.90 Å². The van der Waals surface area contributed by atoms with Gasteiger partial charge in [-0.15, -0.1) is 0 Å². The highest BCUT2D eigenvalue weighted by Gasteiger charge is 1.99. The van der Waals surface area contributed by atoms with Gasteiger partial charge in [-0.3, -0.25) is 0 Å². The summed E-state index contributed by atoms with van der Waals surface area (Å²) < 4.78 is 0. The maximum Gasteiger partial charge on any atom is 0.0406 e. The SMILES string of the molecule is CCN(CC)c1ccc(C=CC=Cc2ccc(Cl)cc2)cc1. The Morgan fingerprint density at radius 2 is 1.23 bits per heavy atom. The number of halogens is 1. The highest BCUT2D eigenvalue weighted by molar-refractivity contribution is 6.30. The first kappa shape index (κ1) is 16.4. The molecule has 0 unspecified atom stereocenters. The second-order valence-electron chi connectivity index (χ2n) is 5.03. The summed E-state index contributed by atoms with van der Waals surface area (Å²) in [7, 11) is 0. The van der Waals surface area contributed by atoms with E-state index in [-0.39, 0.29) is 0 Å². The first-order valence-corrected chi connectivity index (χ1v) is 8.06. The van der Waals surface area contributed by atoms with E-state index in [4.69, 9.17) is 11.6 Å². The molecule has 0 heterocycles. The van der Waals surface area contributed by atoms with E-state index in [1.54, 1.807) is 0 Å². The number of hydrogen-bond acceptors (Lipinski definition) is 1. The third-order valence-electron chi connectivity index (χ3n) is 3.58. The van der Waals surface area contributed by atoms with Crippen LogP contribution in [0.1, 0.15) is 25.0 Å². The van der Waals surface area contributed by atoms with Crippen LogP contribution in [-0.4, -0.2) is 13.1 Å². The number of anilines is 1. The molecule has 0 spiro atoms. The lowest BCUT2D eigenvalue weighted by atomic mass is 10.1. The highest BCUT2D eigenvalue weighted by atomic mass is 35.5. The van der Waals surface area contributed by atoms with Gasteiger partial charge in [-0.1, -0.05) is 60.2 Å². The topological polar surface area (TPSA) is 3.24 Å². The smallest absolute Gasteiger partial charge is 0.0406 e. The number of benzene rings is 2. The van der Waals surface area contributed by atoms with Gasteiger partial charge in [-0.05, 0) is 49.2 Å². The van der Waals surface area contributed by atoms with E-state index in [2.05, 4.69) is 61.2 Å². The monoisotopic (exact) mass is 311 g/mol. The van der Waals surface area contributed by atoms with Gasteiger partial charge in [-0.25, -0.2) is 0 Å². The van der Waals surface area contributed by atoms with Crippen molar-refractivity contribution < 1.29 is 0 Å². The van der Waals surface area contributed by atoms with Crippen LogP contribution < -0.4 is 4.90 Å². The molecule has 0 radical (unpaired) electrons. The Morgan fingerprint density at radius 1 is 0.773 bits per heavy atom. The summed E-state index contributed by atoms with van der Waals surface area (Å²) in [5.41, 5.74) is 3.63. The van der Waals surface area contributed by atoms with E-state index >= 15 is 0 Å². The fraction of sp³-hybridized carbons (Fsp3) is 0.200. The van der Waals surface area contributed by atoms with Crippen LogP contribution in [0.25, 0.3) is 12.2 Å². The average molecular weight is 312 g/mol. The molecule has 2 heteroatoms. The molecule has 0 amide bonds. The molecule has 0 aliphatic heterocycles. The molecule has 2 aromatic rings. The molecule has 0 atom stereocenters. The van der Waals surface area contributed by atoms with E-state index in [1.807, 2.05) is 30.3 Å². The molecule has 0 saturated carbocycles. The summed E-state index contributed by atoms with van der Waals surface area (Å²) in [6, 6.07) is 16.5. The zero-order chi connectivity index (χ0) is 15.8. The van der Waals surface area contributed by atoms with Crippen molar-refractivity contribution in [2.24, 2.45) is 0 Å². The Hall–Kier alpha value is -1.99. The summed E-state index contributed by atoms with van der Waals surface area (Å²) in [5.74, 6) is 0. The van der Waals surface area contributed by atoms with Crippen LogP contribution in [0, 0.1) is 0 Å². The standard InChI is InChI=1S/C20H22ClN/c1-3-22(4-2)20-15-11-18(12-16-20)8-6-5-7-17-9-13-19(21)14-10-17/h5-16H,3-4H2,1-2H3. The molecule has 0 aromatic heterocycles. The van der Waals surface area contributed by atoms with Crippen LogP contribution in [0.3, 0.4) is 0 Å². The summed E-state index contributed by atoms with van der Waals surface area (Å²) in [5, 5.41) is 0.765. The van der Waals surface area contributed by atoms with Crippen molar-refractivity contribution in [1.82, 2.24) is 0 Å². The van der Waals surface area contributed by atoms with Crippen LogP contribution in [0.4, 0.5) is 5.69 Å². The highest BCUT2D eigenvalue weighted by Crippen LogP contribution is 2.16. The van der Waals surface area contributed by atoms with Gasteiger partial charge in [0, 0.05) is 23.8 Å². The van der Waals surface area contributed by atoms with E-state index in [0.717, 1.165) is 23.7 Å². The van der Waals surface area contributed by atoms with Crippen molar-refractivity contribution in [2.45, 2.75) is 13.8 Å². The largest absolute Gasteiger partial charge is 0.372 e. The summed E-state index contributed by atoms with van der Waals surface area (Å²) in [6.07, 6.45) is 8.28. The Morgan fingerprint density at radius 3 is 1.68 bits per heavy atom. The summed E-state index contributed by atoms with van der Waals surface area (Å²) in [6.45, 7) is 6.43. The molecule has 1 nitrogen and oxygen atoms in total. The van der Waals surface area contributed by atoms with Crippen molar-refractivity contribution in [2.75, 3.05) is 18.0 Å². The molecule has 114 valence electrons. The van der Waals surface area contributed by atoms with Crippen LogP contribution in [0.5, 0.6) is 0 Å². The van der Waals surface area contributed by atoms with Crippen LogP contribution >= 0.6 is 11.6 Å². The van der Waals surface area contributed by atoms with Crippen molar-refractivity contribution in [3.8, 4) is 0 Å². The van der Waals surface area contributed by atoms with E-state index in [0.29, 0.717) is 0 Å². The van der Waals surface area contributed by atoms with Gasteiger partial charge in [0.05, 0.1) is 0 Å². The number of hydrogen-bond donors (Lipinski definition) is 0. The van der Waals surface area contributed by atoms with E-state index < -0.39 is 0 Å². The lowest BCUT2D eigenvalue weighted by molar-refractivity contribution is 0.866. The fourth-order valence-corrected chi connectivity index (χ4v) is 2.42.